The minimum Gasteiger partial charge on any atom is -0.497 e. The summed E-state index contributed by atoms with van der Waals surface area (Å²) in [4.78, 5) is 28.1. The Balaban J connectivity index is 1.16. The van der Waals surface area contributed by atoms with Crippen molar-refractivity contribution >= 4 is 17.5 Å². The van der Waals surface area contributed by atoms with E-state index in [-0.39, 0.29) is 11.8 Å². The molecule has 8 heteroatoms. The zero-order chi connectivity index (χ0) is 22.6. The van der Waals surface area contributed by atoms with Gasteiger partial charge in [0.25, 0.3) is 0 Å². The Morgan fingerprint density at radius 3 is 2.67 bits per heavy atom. The molecule has 170 valence electrons. The molecule has 5 rings (SSSR count). The van der Waals surface area contributed by atoms with Crippen molar-refractivity contribution in [3.63, 3.8) is 0 Å². The summed E-state index contributed by atoms with van der Waals surface area (Å²) in [5.74, 6) is 2.56. The number of anilines is 2. The van der Waals surface area contributed by atoms with E-state index in [2.05, 4.69) is 20.3 Å². The van der Waals surface area contributed by atoms with Crippen LogP contribution in [0.25, 0.3) is 0 Å². The summed E-state index contributed by atoms with van der Waals surface area (Å²) in [6.07, 6.45) is 7.71. The van der Waals surface area contributed by atoms with Gasteiger partial charge in [-0.2, -0.15) is 0 Å². The summed E-state index contributed by atoms with van der Waals surface area (Å²) < 4.78 is 11.2. The number of carbonyl (C=O) groups excluding carboxylic acids is 1. The number of nitrogens with zero attached hydrogens (tertiary/aromatic N) is 4. The van der Waals surface area contributed by atoms with Gasteiger partial charge in [-0.15, -0.1) is 0 Å². The third kappa shape index (κ3) is 4.74. The standard InChI is InChI=1S/C25H27N5O3/c1-32-21-4-6-23-18(14-21)13-19(16-33-23)24(31)30-11-7-17(8-12-30)22-5-3-20(15-28-22)29-25-26-9-2-10-27-25/h2-6,9-10,14-15,17,19H,7-8,11-13,16H2,1H3,(H,26,27,29)/t19-/m1/s1. The normalized spacial score (nSPS) is 18.2. The van der Waals surface area contributed by atoms with Crippen LogP contribution in [0.15, 0.2) is 55.0 Å². The molecule has 0 aliphatic carbocycles. The van der Waals surface area contributed by atoms with Crippen LogP contribution < -0.4 is 14.8 Å². The van der Waals surface area contributed by atoms with Crippen LogP contribution in [0.1, 0.15) is 30.0 Å². The summed E-state index contributed by atoms with van der Waals surface area (Å²) >= 11 is 0. The van der Waals surface area contributed by atoms with Crippen LogP contribution in [-0.4, -0.2) is 52.6 Å². The first-order valence-corrected chi connectivity index (χ1v) is 11.3. The number of carbonyl (C=O) groups is 1. The zero-order valence-electron chi connectivity index (χ0n) is 18.6. The zero-order valence-corrected chi connectivity index (χ0v) is 18.6. The van der Waals surface area contributed by atoms with Crippen LogP contribution in [0.2, 0.25) is 0 Å². The lowest BCUT2D eigenvalue weighted by molar-refractivity contribution is -0.138. The fraction of sp³-hybridized carbons (Fsp3) is 0.360. The van der Waals surface area contributed by atoms with Gasteiger partial charge in [-0.05, 0) is 61.2 Å². The van der Waals surface area contributed by atoms with E-state index in [1.165, 1.54) is 0 Å². The highest BCUT2D eigenvalue weighted by atomic mass is 16.5. The average molecular weight is 446 g/mol. The van der Waals surface area contributed by atoms with Crippen LogP contribution in [-0.2, 0) is 11.2 Å². The number of pyridine rings is 1. The predicted molar refractivity (Wildman–Crippen MR) is 124 cm³/mol. The molecule has 0 bridgehead atoms. The Hall–Kier alpha value is -3.68. The van der Waals surface area contributed by atoms with Gasteiger partial charge in [-0.3, -0.25) is 9.78 Å². The van der Waals surface area contributed by atoms with Crippen molar-refractivity contribution in [2.45, 2.75) is 25.2 Å². The molecule has 8 nitrogen and oxygen atoms in total. The monoisotopic (exact) mass is 445 g/mol. The lowest BCUT2D eigenvalue weighted by Gasteiger charge is -2.35. The number of aromatic nitrogens is 3. The van der Waals surface area contributed by atoms with Crippen molar-refractivity contribution in [1.82, 2.24) is 19.9 Å². The van der Waals surface area contributed by atoms with Crippen LogP contribution >= 0.6 is 0 Å². The minimum absolute atomic E-state index is 0.148. The number of amides is 1. The van der Waals surface area contributed by atoms with E-state index in [0.717, 1.165) is 54.4 Å². The highest BCUT2D eigenvalue weighted by Gasteiger charge is 2.32. The molecular weight excluding hydrogens is 418 g/mol. The van der Waals surface area contributed by atoms with Gasteiger partial charge < -0.3 is 19.7 Å². The summed E-state index contributed by atoms with van der Waals surface area (Å²) in [5, 5.41) is 3.15. The molecule has 0 radical (unpaired) electrons. The second-order valence-electron chi connectivity index (χ2n) is 8.45. The average Bonchev–Trinajstić information content (AvgIpc) is 2.89. The Labute approximate surface area is 193 Å². The SMILES string of the molecule is COc1ccc2c(c1)C[C@@H](C(=O)N1CCC(c3ccc(Nc4ncccn4)cn3)CC1)CO2. The van der Waals surface area contributed by atoms with E-state index >= 15 is 0 Å². The third-order valence-corrected chi connectivity index (χ3v) is 6.36. The minimum atomic E-state index is -0.148. The van der Waals surface area contributed by atoms with Crippen molar-refractivity contribution in [3.8, 4) is 11.5 Å². The largest absolute Gasteiger partial charge is 0.497 e. The van der Waals surface area contributed by atoms with E-state index in [1.807, 2.05) is 41.4 Å². The quantitative estimate of drug-likeness (QED) is 0.642. The van der Waals surface area contributed by atoms with Crippen molar-refractivity contribution in [3.05, 3.63) is 66.2 Å². The van der Waals surface area contributed by atoms with Crippen molar-refractivity contribution in [2.75, 3.05) is 32.1 Å². The number of nitrogens with one attached hydrogen (secondary N) is 1. The first-order chi connectivity index (χ1) is 16.2. The number of benzene rings is 1. The summed E-state index contributed by atoms with van der Waals surface area (Å²) in [6, 6.07) is 11.6. The molecule has 3 aromatic rings. The Morgan fingerprint density at radius 1 is 1.12 bits per heavy atom. The predicted octanol–water partition coefficient (Wildman–Crippen LogP) is 3.58. The van der Waals surface area contributed by atoms with E-state index in [0.29, 0.717) is 24.9 Å². The molecule has 0 saturated carbocycles. The molecule has 1 saturated heterocycles. The number of methoxy groups -OCH3 is 1. The molecule has 0 unspecified atom stereocenters. The Morgan fingerprint density at radius 2 is 1.94 bits per heavy atom. The number of fused-ring (bicyclic) bond motifs is 1. The smallest absolute Gasteiger partial charge is 0.229 e. The molecular formula is C25H27N5O3. The lowest BCUT2D eigenvalue weighted by atomic mass is 9.90. The number of piperidine rings is 1. The Kier molecular flexibility index (Phi) is 6.06. The van der Waals surface area contributed by atoms with Crippen molar-refractivity contribution in [2.24, 2.45) is 5.92 Å². The number of hydrogen-bond donors (Lipinski definition) is 1. The molecule has 1 fully saturated rings. The maximum atomic E-state index is 13.2. The van der Waals surface area contributed by atoms with Gasteiger partial charge in [-0.25, -0.2) is 9.97 Å². The number of hydrogen-bond acceptors (Lipinski definition) is 7. The molecule has 1 aromatic carbocycles. The molecule has 2 aliphatic heterocycles. The van der Waals surface area contributed by atoms with Crippen LogP contribution in [0.3, 0.4) is 0 Å². The summed E-state index contributed by atoms with van der Waals surface area (Å²) in [7, 11) is 1.65. The van der Waals surface area contributed by atoms with E-state index in [1.54, 1.807) is 25.6 Å². The van der Waals surface area contributed by atoms with Crippen molar-refractivity contribution in [1.29, 1.82) is 0 Å². The highest BCUT2D eigenvalue weighted by Crippen LogP contribution is 2.33. The van der Waals surface area contributed by atoms with Gasteiger partial charge in [0.15, 0.2) is 0 Å². The highest BCUT2D eigenvalue weighted by molar-refractivity contribution is 5.80. The molecule has 2 aromatic heterocycles. The molecule has 2 aliphatic rings. The fourth-order valence-electron chi connectivity index (χ4n) is 4.52. The van der Waals surface area contributed by atoms with E-state index in [9.17, 15) is 4.79 Å². The van der Waals surface area contributed by atoms with Crippen LogP contribution in [0.5, 0.6) is 11.5 Å². The molecule has 1 N–H and O–H groups in total. The topological polar surface area (TPSA) is 89.5 Å². The first-order valence-electron chi connectivity index (χ1n) is 11.3. The van der Waals surface area contributed by atoms with Gasteiger partial charge in [0.1, 0.15) is 18.1 Å². The molecule has 33 heavy (non-hydrogen) atoms. The Bertz CT molecular complexity index is 1100. The third-order valence-electron chi connectivity index (χ3n) is 6.36. The van der Waals surface area contributed by atoms with Gasteiger partial charge in [0, 0.05) is 37.1 Å². The summed E-state index contributed by atoms with van der Waals surface area (Å²) in [6.45, 7) is 1.91. The first kappa shape index (κ1) is 21.2. The van der Waals surface area contributed by atoms with Crippen LogP contribution in [0.4, 0.5) is 11.6 Å². The van der Waals surface area contributed by atoms with E-state index < -0.39 is 0 Å². The van der Waals surface area contributed by atoms with Gasteiger partial charge in [0.2, 0.25) is 11.9 Å². The summed E-state index contributed by atoms with van der Waals surface area (Å²) in [5.41, 5.74) is 2.95. The lowest BCUT2D eigenvalue weighted by Crippen LogP contribution is -2.44. The molecule has 1 atom stereocenters. The maximum Gasteiger partial charge on any atom is 0.229 e. The maximum absolute atomic E-state index is 13.2. The second kappa shape index (κ2) is 9.44. The van der Waals surface area contributed by atoms with Gasteiger partial charge >= 0.3 is 0 Å². The fourth-order valence-corrected chi connectivity index (χ4v) is 4.52. The van der Waals surface area contributed by atoms with Crippen molar-refractivity contribution < 1.29 is 14.3 Å². The van der Waals surface area contributed by atoms with E-state index in [4.69, 9.17) is 9.47 Å². The van der Waals surface area contributed by atoms with Gasteiger partial charge in [0.05, 0.1) is 24.9 Å². The van der Waals surface area contributed by atoms with Gasteiger partial charge in [-0.1, -0.05) is 0 Å². The van der Waals surface area contributed by atoms with Crippen LogP contribution in [0, 0.1) is 5.92 Å². The number of rotatable bonds is 5. The number of likely N-dealkylation sites (tertiary alicyclic amines) is 1. The molecule has 1 amide bonds. The molecule has 0 spiro atoms. The second-order valence-corrected chi connectivity index (χ2v) is 8.45. The molecule has 4 heterocycles. The number of ether oxygens (including phenoxy) is 2.